The van der Waals surface area contributed by atoms with Gasteiger partial charge >= 0.3 is 0 Å². The molecule has 4 nitrogen and oxygen atoms in total. The second-order valence-electron chi connectivity index (χ2n) is 4.87. The molecule has 0 unspecified atom stereocenters. The molecule has 0 aromatic heterocycles. The van der Waals surface area contributed by atoms with Crippen LogP contribution in [0.4, 0.5) is 0 Å². The number of hydrogen-bond donors (Lipinski definition) is 0. The molecule has 1 heterocycles. The molecule has 0 aliphatic carbocycles. The monoisotopic (exact) mass is 263 g/mol. The van der Waals surface area contributed by atoms with Crippen molar-refractivity contribution in [3.63, 3.8) is 0 Å². The maximum absolute atomic E-state index is 10.3. The normalized spacial score (nSPS) is 17.1. The molecule has 2 rings (SSSR count). The van der Waals surface area contributed by atoms with Crippen LogP contribution in [-0.4, -0.2) is 44.2 Å². The molecule has 0 saturated carbocycles. The molecule has 4 heteroatoms. The molecule has 1 saturated heterocycles. The van der Waals surface area contributed by atoms with Crippen LogP contribution < -0.4 is 4.74 Å². The highest BCUT2D eigenvalue weighted by Crippen LogP contribution is 2.15. The summed E-state index contributed by atoms with van der Waals surface area (Å²) in [6.07, 6.45) is 3.06. The molecule has 1 aliphatic heterocycles. The number of ether oxygens (including phenoxy) is 2. The van der Waals surface area contributed by atoms with Crippen LogP contribution in [0.3, 0.4) is 0 Å². The van der Waals surface area contributed by atoms with Gasteiger partial charge in [-0.3, -0.25) is 4.79 Å². The Labute approximate surface area is 114 Å². The van der Waals surface area contributed by atoms with E-state index in [-0.39, 0.29) is 6.10 Å². The number of likely N-dealkylation sites (tertiary alicyclic amines) is 1. The van der Waals surface area contributed by atoms with Crippen molar-refractivity contribution in [2.75, 3.05) is 26.7 Å². The van der Waals surface area contributed by atoms with Crippen LogP contribution in [0.25, 0.3) is 0 Å². The first-order valence-electron chi connectivity index (χ1n) is 6.76. The van der Waals surface area contributed by atoms with Gasteiger partial charge in [0.15, 0.2) is 0 Å². The van der Waals surface area contributed by atoms with E-state index in [1.807, 2.05) is 12.1 Å². The molecular weight excluding hydrogens is 242 g/mol. The lowest BCUT2D eigenvalue weighted by atomic mass is 10.1. The van der Waals surface area contributed by atoms with Gasteiger partial charge < -0.3 is 14.4 Å². The molecule has 1 aromatic carbocycles. The Morgan fingerprint density at radius 3 is 2.53 bits per heavy atom. The molecule has 1 fully saturated rings. The number of carbonyl (C=O) groups excluding carboxylic acids is 1. The first-order chi connectivity index (χ1) is 9.31. The molecule has 0 bridgehead atoms. The number of carbonyl (C=O) groups is 1. The summed E-state index contributed by atoms with van der Waals surface area (Å²) in [7, 11) is 1.68. The largest absolute Gasteiger partial charge is 0.497 e. The van der Waals surface area contributed by atoms with Gasteiger partial charge in [0.1, 0.15) is 11.9 Å². The Bertz CT molecular complexity index is 383. The van der Waals surface area contributed by atoms with Crippen molar-refractivity contribution >= 4 is 6.47 Å². The van der Waals surface area contributed by atoms with Gasteiger partial charge in [0, 0.05) is 19.6 Å². The van der Waals surface area contributed by atoms with E-state index in [1.54, 1.807) is 7.11 Å². The summed E-state index contributed by atoms with van der Waals surface area (Å²) in [5.74, 6) is 0.899. The van der Waals surface area contributed by atoms with Crippen LogP contribution >= 0.6 is 0 Å². The van der Waals surface area contributed by atoms with Crippen LogP contribution in [0.2, 0.25) is 0 Å². The van der Waals surface area contributed by atoms with E-state index in [9.17, 15) is 4.79 Å². The Kier molecular flexibility index (Phi) is 5.21. The second-order valence-corrected chi connectivity index (χ2v) is 4.87. The number of methoxy groups -OCH3 is 1. The van der Waals surface area contributed by atoms with E-state index in [4.69, 9.17) is 9.47 Å². The Morgan fingerprint density at radius 2 is 1.95 bits per heavy atom. The van der Waals surface area contributed by atoms with Gasteiger partial charge in [0.05, 0.1) is 7.11 Å². The third-order valence-electron chi connectivity index (χ3n) is 3.66. The third-order valence-corrected chi connectivity index (χ3v) is 3.66. The SMILES string of the molecule is COc1ccc(CCN2CCC(OC=O)CC2)cc1. The van der Waals surface area contributed by atoms with Crippen molar-refractivity contribution in [3.8, 4) is 5.75 Å². The fourth-order valence-electron chi connectivity index (χ4n) is 2.43. The van der Waals surface area contributed by atoms with E-state index >= 15 is 0 Å². The standard InChI is InChI=1S/C15H21NO3/c1-18-14-4-2-13(3-5-14)6-9-16-10-7-15(8-11-16)19-12-17/h2-5,12,15H,6-11H2,1H3. The van der Waals surface area contributed by atoms with Crippen LogP contribution in [0.5, 0.6) is 5.75 Å². The van der Waals surface area contributed by atoms with E-state index in [0.29, 0.717) is 6.47 Å². The van der Waals surface area contributed by atoms with Crippen molar-refractivity contribution in [3.05, 3.63) is 29.8 Å². The van der Waals surface area contributed by atoms with Gasteiger partial charge in [-0.15, -0.1) is 0 Å². The molecule has 0 radical (unpaired) electrons. The van der Waals surface area contributed by atoms with Crippen molar-refractivity contribution in [2.24, 2.45) is 0 Å². The number of hydrogen-bond acceptors (Lipinski definition) is 4. The molecule has 104 valence electrons. The smallest absolute Gasteiger partial charge is 0.293 e. The highest BCUT2D eigenvalue weighted by Gasteiger charge is 2.19. The van der Waals surface area contributed by atoms with Crippen molar-refractivity contribution in [2.45, 2.75) is 25.4 Å². The van der Waals surface area contributed by atoms with Crippen LogP contribution in [0, 0.1) is 0 Å². The Morgan fingerprint density at radius 1 is 1.26 bits per heavy atom. The lowest BCUT2D eigenvalue weighted by Crippen LogP contribution is -2.38. The summed E-state index contributed by atoms with van der Waals surface area (Å²) >= 11 is 0. The minimum Gasteiger partial charge on any atom is -0.497 e. The van der Waals surface area contributed by atoms with Gasteiger partial charge in [-0.2, -0.15) is 0 Å². The van der Waals surface area contributed by atoms with Gasteiger partial charge in [0.2, 0.25) is 0 Å². The maximum atomic E-state index is 10.3. The predicted molar refractivity (Wildman–Crippen MR) is 73.3 cm³/mol. The quantitative estimate of drug-likeness (QED) is 0.735. The van der Waals surface area contributed by atoms with Crippen molar-refractivity contribution in [1.29, 1.82) is 0 Å². The average molecular weight is 263 g/mol. The summed E-state index contributed by atoms with van der Waals surface area (Å²) in [5, 5.41) is 0. The third kappa shape index (κ3) is 4.24. The fraction of sp³-hybridized carbons (Fsp3) is 0.533. The fourth-order valence-corrected chi connectivity index (χ4v) is 2.43. The molecule has 0 spiro atoms. The van der Waals surface area contributed by atoms with Gasteiger partial charge in [-0.05, 0) is 37.0 Å². The van der Waals surface area contributed by atoms with Crippen LogP contribution in [0.15, 0.2) is 24.3 Å². The molecule has 19 heavy (non-hydrogen) atoms. The average Bonchev–Trinajstić information content (AvgIpc) is 2.47. The van der Waals surface area contributed by atoms with E-state index in [0.717, 1.165) is 44.6 Å². The molecule has 1 aliphatic rings. The summed E-state index contributed by atoms with van der Waals surface area (Å²) in [5.41, 5.74) is 1.33. The van der Waals surface area contributed by atoms with Gasteiger partial charge in [-0.25, -0.2) is 0 Å². The molecular formula is C15H21NO3. The van der Waals surface area contributed by atoms with Crippen LogP contribution in [0.1, 0.15) is 18.4 Å². The summed E-state index contributed by atoms with van der Waals surface area (Å²) < 4.78 is 10.1. The summed E-state index contributed by atoms with van der Waals surface area (Å²) in [4.78, 5) is 12.7. The Balaban J connectivity index is 1.72. The summed E-state index contributed by atoms with van der Waals surface area (Å²) in [6, 6.07) is 8.22. The Hall–Kier alpha value is -1.55. The molecule has 0 N–H and O–H groups in total. The zero-order valence-electron chi connectivity index (χ0n) is 11.4. The predicted octanol–water partition coefficient (Wildman–Crippen LogP) is 1.88. The van der Waals surface area contributed by atoms with E-state index in [2.05, 4.69) is 17.0 Å². The van der Waals surface area contributed by atoms with Gasteiger partial charge in [-0.1, -0.05) is 12.1 Å². The molecule has 1 aromatic rings. The highest BCUT2D eigenvalue weighted by molar-refractivity contribution is 5.37. The first kappa shape index (κ1) is 13.9. The number of piperidine rings is 1. The van der Waals surface area contributed by atoms with E-state index < -0.39 is 0 Å². The zero-order chi connectivity index (χ0) is 13.5. The minimum atomic E-state index is 0.120. The molecule has 0 amide bonds. The van der Waals surface area contributed by atoms with Crippen LogP contribution in [-0.2, 0) is 16.0 Å². The van der Waals surface area contributed by atoms with E-state index in [1.165, 1.54) is 5.56 Å². The zero-order valence-corrected chi connectivity index (χ0v) is 11.4. The number of benzene rings is 1. The number of rotatable bonds is 6. The molecule has 0 atom stereocenters. The first-order valence-corrected chi connectivity index (χ1v) is 6.76. The second kappa shape index (κ2) is 7.14. The lowest BCUT2D eigenvalue weighted by Gasteiger charge is -2.30. The van der Waals surface area contributed by atoms with Crippen molar-refractivity contribution in [1.82, 2.24) is 4.90 Å². The summed E-state index contributed by atoms with van der Waals surface area (Å²) in [6.45, 7) is 3.64. The highest BCUT2D eigenvalue weighted by atomic mass is 16.5. The van der Waals surface area contributed by atoms with Gasteiger partial charge in [0.25, 0.3) is 6.47 Å². The van der Waals surface area contributed by atoms with Crippen molar-refractivity contribution < 1.29 is 14.3 Å². The number of nitrogens with zero attached hydrogens (tertiary/aromatic N) is 1. The maximum Gasteiger partial charge on any atom is 0.293 e. The topological polar surface area (TPSA) is 38.8 Å². The minimum absolute atomic E-state index is 0.120. The lowest BCUT2D eigenvalue weighted by molar-refractivity contribution is -0.135.